The number of hydrogen-bond acceptors (Lipinski definition) is 3. The molecular formula is C12H17BO3. The van der Waals surface area contributed by atoms with Gasteiger partial charge < -0.3 is 14.8 Å². The summed E-state index contributed by atoms with van der Waals surface area (Å²) in [6.45, 7) is 3.08. The maximum absolute atomic E-state index is 9.14. The average molecular weight is 220 g/mol. The molecule has 1 aliphatic carbocycles. The lowest BCUT2D eigenvalue weighted by atomic mass is 9.69. The molecule has 3 nitrogen and oxygen atoms in total. The molecule has 86 valence electrons. The first-order valence-corrected chi connectivity index (χ1v) is 5.61. The molecule has 0 heterocycles. The summed E-state index contributed by atoms with van der Waals surface area (Å²) < 4.78 is 5.57. The Bertz CT molecular complexity index is 341. The Hall–Kier alpha value is -0.835. The highest BCUT2D eigenvalue weighted by atomic mass is 16.5. The van der Waals surface area contributed by atoms with E-state index in [-0.39, 0.29) is 11.2 Å². The van der Waals surface area contributed by atoms with Gasteiger partial charge in [-0.05, 0) is 17.9 Å². The van der Waals surface area contributed by atoms with Crippen LogP contribution in [-0.4, -0.2) is 23.8 Å². The van der Waals surface area contributed by atoms with Gasteiger partial charge in [-0.3, -0.25) is 0 Å². The quantitative estimate of drug-likeness (QED) is 0.738. The molecule has 0 bridgehead atoms. The summed E-state index contributed by atoms with van der Waals surface area (Å²) in [5, 5.41) is 17.9. The molecule has 0 aliphatic heterocycles. The normalized spacial score (nSPS) is 27.8. The number of rotatable bonds is 5. The van der Waals surface area contributed by atoms with Crippen molar-refractivity contribution in [3.05, 3.63) is 35.9 Å². The van der Waals surface area contributed by atoms with Gasteiger partial charge in [-0.2, -0.15) is 0 Å². The second-order valence-corrected chi connectivity index (χ2v) is 4.78. The number of benzene rings is 1. The maximum atomic E-state index is 9.14. The Labute approximate surface area is 96.2 Å². The molecule has 1 fully saturated rings. The molecule has 0 spiro atoms. The van der Waals surface area contributed by atoms with E-state index in [0.29, 0.717) is 13.2 Å². The van der Waals surface area contributed by atoms with Gasteiger partial charge in [0.05, 0.1) is 6.61 Å². The first-order valence-electron chi connectivity index (χ1n) is 5.61. The average Bonchev–Trinajstić information content (AvgIpc) is 2.93. The highest BCUT2D eigenvalue weighted by Gasteiger charge is 2.57. The minimum Gasteiger partial charge on any atom is -0.427 e. The molecule has 0 aromatic heterocycles. The van der Waals surface area contributed by atoms with Crippen molar-refractivity contribution < 1.29 is 14.8 Å². The maximum Gasteiger partial charge on any atom is 0.458 e. The third kappa shape index (κ3) is 2.46. The van der Waals surface area contributed by atoms with Crippen molar-refractivity contribution in [1.29, 1.82) is 0 Å². The fourth-order valence-electron chi connectivity index (χ4n) is 1.93. The van der Waals surface area contributed by atoms with E-state index >= 15 is 0 Å². The summed E-state index contributed by atoms with van der Waals surface area (Å²) in [5.74, 6) is 0.274. The predicted molar refractivity (Wildman–Crippen MR) is 62.8 cm³/mol. The van der Waals surface area contributed by atoms with Crippen LogP contribution in [0.5, 0.6) is 0 Å². The zero-order valence-electron chi connectivity index (χ0n) is 9.47. The molecule has 2 N–H and O–H groups in total. The minimum absolute atomic E-state index is 0.274. The lowest BCUT2D eigenvalue weighted by Gasteiger charge is -2.09. The third-order valence-corrected chi connectivity index (χ3v) is 3.48. The van der Waals surface area contributed by atoms with E-state index in [9.17, 15) is 0 Å². The lowest BCUT2D eigenvalue weighted by Crippen LogP contribution is -2.21. The fourth-order valence-corrected chi connectivity index (χ4v) is 1.93. The Balaban J connectivity index is 1.71. The van der Waals surface area contributed by atoms with Crippen LogP contribution in [0, 0.1) is 5.92 Å². The molecule has 0 saturated heterocycles. The summed E-state index contributed by atoms with van der Waals surface area (Å²) in [6.07, 6.45) is 0.833. The van der Waals surface area contributed by atoms with E-state index in [1.807, 2.05) is 37.3 Å². The van der Waals surface area contributed by atoms with Gasteiger partial charge >= 0.3 is 7.12 Å². The number of ether oxygens (including phenoxy) is 1. The van der Waals surface area contributed by atoms with Gasteiger partial charge in [0.25, 0.3) is 0 Å². The van der Waals surface area contributed by atoms with Crippen molar-refractivity contribution >= 4 is 7.12 Å². The Morgan fingerprint density at radius 2 is 2.06 bits per heavy atom. The molecule has 16 heavy (non-hydrogen) atoms. The molecule has 0 amide bonds. The van der Waals surface area contributed by atoms with Gasteiger partial charge in [0.1, 0.15) is 0 Å². The Morgan fingerprint density at radius 1 is 1.38 bits per heavy atom. The van der Waals surface area contributed by atoms with Crippen LogP contribution in [0.4, 0.5) is 0 Å². The van der Waals surface area contributed by atoms with Crippen molar-refractivity contribution in [2.24, 2.45) is 5.92 Å². The Kier molecular flexibility index (Phi) is 3.33. The molecule has 2 unspecified atom stereocenters. The highest BCUT2D eigenvalue weighted by Crippen LogP contribution is 2.60. The van der Waals surface area contributed by atoms with E-state index in [4.69, 9.17) is 14.8 Å². The SMILES string of the molecule is CC1(B(O)O)CC1COCc1ccccc1. The zero-order valence-corrected chi connectivity index (χ0v) is 9.47. The molecule has 1 saturated carbocycles. The van der Waals surface area contributed by atoms with Gasteiger partial charge in [0, 0.05) is 11.9 Å². The molecule has 0 radical (unpaired) electrons. The van der Waals surface area contributed by atoms with Crippen LogP contribution < -0.4 is 0 Å². The van der Waals surface area contributed by atoms with Crippen molar-refractivity contribution in [2.75, 3.05) is 6.61 Å². The van der Waals surface area contributed by atoms with Gasteiger partial charge in [-0.1, -0.05) is 37.3 Å². The van der Waals surface area contributed by atoms with Crippen LogP contribution in [-0.2, 0) is 11.3 Å². The topological polar surface area (TPSA) is 49.7 Å². The molecule has 2 atom stereocenters. The monoisotopic (exact) mass is 220 g/mol. The summed E-state index contributed by atoms with van der Waals surface area (Å²) >= 11 is 0. The van der Waals surface area contributed by atoms with Crippen LogP contribution in [0.25, 0.3) is 0 Å². The van der Waals surface area contributed by atoms with Crippen molar-refractivity contribution in [2.45, 2.75) is 25.3 Å². The first kappa shape index (κ1) is 11.6. The molecule has 1 aliphatic rings. The van der Waals surface area contributed by atoms with Crippen LogP contribution in [0.15, 0.2) is 30.3 Å². The van der Waals surface area contributed by atoms with Crippen LogP contribution in [0.3, 0.4) is 0 Å². The van der Waals surface area contributed by atoms with Crippen LogP contribution in [0.1, 0.15) is 18.9 Å². The van der Waals surface area contributed by atoms with Gasteiger partial charge in [0.2, 0.25) is 0 Å². The second kappa shape index (κ2) is 4.57. The zero-order chi connectivity index (χ0) is 11.6. The summed E-state index contributed by atoms with van der Waals surface area (Å²) in [4.78, 5) is 0. The molecule has 4 heteroatoms. The van der Waals surface area contributed by atoms with Crippen molar-refractivity contribution in [1.82, 2.24) is 0 Å². The van der Waals surface area contributed by atoms with E-state index in [1.165, 1.54) is 0 Å². The summed E-state index contributed by atoms with van der Waals surface area (Å²) in [7, 11) is -1.22. The third-order valence-electron chi connectivity index (χ3n) is 3.48. The van der Waals surface area contributed by atoms with E-state index < -0.39 is 7.12 Å². The van der Waals surface area contributed by atoms with Gasteiger partial charge in [0.15, 0.2) is 0 Å². The van der Waals surface area contributed by atoms with E-state index in [1.54, 1.807) is 0 Å². The van der Waals surface area contributed by atoms with Gasteiger partial charge in [-0.15, -0.1) is 0 Å². The number of hydrogen-bond donors (Lipinski definition) is 2. The van der Waals surface area contributed by atoms with E-state index in [0.717, 1.165) is 12.0 Å². The van der Waals surface area contributed by atoms with Crippen LogP contribution in [0.2, 0.25) is 5.31 Å². The molecule has 1 aromatic rings. The minimum atomic E-state index is -1.22. The largest absolute Gasteiger partial charge is 0.458 e. The summed E-state index contributed by atoms with van der Waals surface area (Å²) in [5.41, 5.74) is 1.15. The smallest absolute Gasteiger partial charge is 0.427 e. The summed E-state index contributed by atoms with van der Waals surface area (Å²) in [6, 6.07) is 9.98. The van der Waals surface area contributed by atoms with Crippen molar-refractivity contribution in [3.8, 4) is 0 Å². The van der Waals surface area contributed by atoms with Crippen LogP contribution >= 0.6 is 0 Å². The highest BCUT2D eigenvalue weighted by molar-refractivity contribution is 6.46. The standard InChI is InChI=1S/C12H17BO3/c1-12(13(14)15)7-11(12)9-16-8-10-5-3-2-4-6-10/h2-6,11,14-15H,7-9H2,1H3. The lowest BCUT2D eigenvalue weighted by molar-refractivity contribution is 0.107. The molecule has 1 aromatic carbocycles. The molecular weight excluding hydrogens is 203 g/mol. The molecule has 2 rings (SSSR count). The Morgan fingerprint density at radius 3 is 2.62 bits per heavy atom. The fraction of sp³-hybridized carbons (Fsp3) is 0.500. The second-order valence-electron chi connectivity index (χ2n) is 4.78. The van der Waals surface area contributed by atoms with E-state index in [2.05, 4.69) is 0 Å². The first-order chi connectivity index (χ1) is 7.63. The van der Waals surface area contributed by atoms with Crippen molar-refractivity contribution in [3.63, 3.8) is 0 Å². The van der Waals surface area contributed by atoms with Gasteiger partial charge in [-0.25, -0.2) is 0 Å². The predicted octanol–water partition coefficient (Wildman–Crippen LogP) is 1.46.